The van der Waals surface area contributed by atoms with Gasteiger partial charge in [-0.3, -0.25) is 14.4 Å². The molecule has 2 aromatic rings. The molecule has 2 aliphatic heterocycles. The van der Waals surface area contributed by atoms with Crippen LogP contribution in [0.4, 0.5) is 4.39 Å². The maximum absolute atomic E-state index is 13.5. The second-order valence-electron chi connectivity index (χ2n) is 8.11. The van der Waals surface area contributed by atoms with E-state index in [0.717, 1.165) is 17.5 Å². The summed E-state index contributed by atoms with van der Waals surface area (Å²) < 4.78 is 13.5. The van der Waals surface area contributed by atoms with Crippen LogP contribution in [-0.4, -0.2) is 52.3 Å². The number of nitrogens with zero attached hydrogens (tertiary/aromatic N) is 2. The van der Waals surface area contributed by atoms with Crippen LogP contribution in [0.5, 0.6) is 0 Å². The minimum atomic E-state index is -0.879. The van der Waals surface area contributed by atoms with E-state index in [1.54, 1.807) is 33.3 Å². The molecule has 1 fully saturated rings. The van der Waals surface area contributed by atoms with Gasteiger partial charge in [-0.05, 0) is 54.0 Å². The fourth-order valence-electron chi connectivity index (χ4n) is 4.51. The summed E-state index contributed by atoms with van der Waals surface area (Å²) in [6, 6.07) is 7.94. The van der Waals surface area contributed by atoms with E-state index in [9.17, 15) is 23.9 Å². The van der Waals surface area contributed by atoms with Gasteiger partial charge in [0.1, 0.15) is 5.82 Å². The fourth-order valence-corrected chi connectivity index (χ4v) is 5.41. The Morgan fingerprint density at radius 2 is 1.81 bits per heavy atom. The van der Waals surface area contributed by atoms with Crippen molar-refractivity contribution in [2.24, 2.45) is 5.92 Å². The van der Waals surface area contributed by atoms with Gasteiger partial charge in [-0.25, -0.2) is 4.39 Å². The molecule has 1 aromatic carbocycles. The van der Waals surface area contributed by atoms with Crippen molar-refractivity contribution >= 4 is 29.1 Å². The van der Waals surface area contributed by atoms with E-state index < -0.39 is 11.9 Å². The number of carbonyl (C=O) groups is 3. The first-order chi connectivity index (χ1) is 14.9. The average Bonchev–Trinajstić information content (AvgIpc) is 3.26. The van der Waals surface area contributed by atoms with Gasteiger partial charge < -0.3 is 14.9 Å². The lowest BCUT2D eigenvalue weighted by molar-refractivity contribution is -0.146. The Hall–Kier alpha value is -2.74. The third-order valence-electron chi connectivity index (χ3n) is 6.15. The second kappa shape index (κ2) is 9.18. The van der Waals surface area contributed by atoms with E-state index in [2.05, 4.69) is 0 Å². The number of piperidine rings is 1. The normalized spacial score (nSPS) is 20.9. The molecule has 0 spiro atoms. The molecule has 0 radical (unpaired) electrons. The van der Waals surface area contributed by atoms with E-state index in [0.29, 0.717) is 25.9 Å². The summed E-state index contributed by atoms with van der Waals surface area (Å²) in [4.78, 5) is 41.6. The highest BCUT2D eigenvalue weighted by Gasteiger charge is 2.33. The number of carboxylic acids is 1. The highest BCUT2D eigenvalue weighted by molar-refractivity contribution is 7.10. The summed E-state index contributed by atoms with van der Waals surface area (Å²) >= 11 is 1.66. The van der Waals surface area contributed by atoms with Crippen molar-refractivity contribution in [3.8, 4) is 0 Å². The highest BCUT2D eigenvalue weighted by Crippen LogP contribution is 2.38. The molecule has 2 amide bonds. The predicted octanol–water partition coefficient (Wildman–Crippen LogP) is 3.46. The summed E-state index contributed by atoms with van der Waals surface area (Å²) in [5.74, 6) is -2.03. The Kier molecular flexibility index (Phi) is 6.36. The van der Waals surface area contributed by atoms with Crippen molar-refractivity contribution in [1.82, 2.24) is 9.80 Å². The third-order valence-corrected chi connectivity index (χ3v) is 7.14. The molecule has 6 nitrogen and oxygen atoms in total. The molecule has 0 aliphatic carbocycles. The van der Waals surface area contributed by atoms with Crippen molar-refractivity contribution in [2.75, 3.05) is 19.6 Å². The summed E-state index contributed by atoms with van der Waals surface area (Å²) in [6.45, 7) is 1.30. The van der Waals surface area contributed by atoms with E-state index in [4.69, 9.17) is 0 Å². The van der Waals surface area contributed by atoms with Gasteiger partial charge in [-0.2, -0.15) is 0 Å². The Balaban J connectivity index is 1.45. The quantitative estimate of drug-likeness (QED) is 0.766. The van der Waals surface area contributed by atoms with Crippen LogP contribution in [0.1, 0.15) is 47.7 Å². The molecule has 1 saturated heterocycles. The fraction of sp³-hybridized carbons (Fsp3) is 0.435. The standard InChI is InChI=1S/C23H25FN2O4S/c24-17-5-3-15(4-6-17)22-18-10-13-31-19(18)9-12-26(22)21(28)8-7-20(27)25-11-1-2-16(14-25)23(29)30/h3-6,10,13,16,22H,1-2,7-9,11-12,14H2,(H,29,30). The van der Waals surface area contributed by atoms with Crippen LogP contribution in [-0.2, 0) is 20.8 Å². The number of fused-ring (bicyclic) bond motifs is 1. The smallest absolute Gasteiger partial charge is 0.308 e. The molecular weight excluding hydrogens is 419 g/mol. The first kappa shape index (κ1) is 21.5. The number of hydrogen-bond donors (Lipinski definition) is 1. The van der Waals surface area contributed by atoms with E-state index in [-0.39, 0.29) is 43.1 Å². The molecule has 2 atom stereocenters. The van der Waals surface area contributed by atoms with Gasteiger partial charge in [-0.1, -0.05) is 12.1 Å². The Labute approximate surface area is 184 Å². The number of thiophene rings is 1. The van der Waals surface area contributed by atoms with Crippen LogP contribution in [0.15, 0.2) is 35.7 Å². The van der Waals surface area contributed by atoms with Gasteiger partial charge in [0.2, 0.25) is 11.8 Å². The number of aliphatic carboxylic acids is 1. The summed E-state index contributed by atoms with van der Waals surface area (Å²) in [6.07, 6.45) is 2.14. The SMILES string of the molecule is O=C(O)C1CCCN(C(=O)CCC(=O)N2CCc3sccc3C2c2ccc(F)cc2)C1. The van der Waals surface area contributed by atoms with Crippen molar-refractivity contribution in [1.29, 1.82) is 0 Å². The van der Waals surface area contributed by atoms with E-state index >= 15 is 0 Å². The highest BCUT2D eigenvalue weighted by atomic mass is 32.1. The van der Waals surface area contributed by atoms with Gasteiger partial charge in [0.25, 0.3) is 0 Å². The number of benzene rings is 1. The maximum atomic E-state index is 13.5. The number of hydrogen-bond acceptors (Lipinski definition) is 4. The molecule has 1 aromatic heterocycles. The van der Waals surface area contributed by atoms with Gasteiger partial charge >= 0.3 is 5.97 Å². The summed E-state index contributed by atoms with van der Waals surface area (Å²) in [7, 11) is 0. The Morgan fingerprint density at radius 3 is 2.55 bits per heavy atom. The Morgan fingerprint density at radius 1 is 1.06 bits per heavy atom. The van der Waals surface area contributed by atoms with Crippen molar-refractivity contribution < 1.29 is 23.9 Å². The van der Waals surface area contributed by atoms with Crippen molar-refractivity contribution in [3.63, 3.8) is 0 Å². The molecule has 31 heavy (non-hydrogen) atoms. The molecule has 2 aliphatic rings. The number of halogens is 1. The lowest BCUT2D eigenvalue weighted by Crippen LogP contribution is -2.43. The molecule has 2 unspecified atom stereocenters. The predicted molar refractivity (Wildman–Crippen MR) is 114 cm³/mol. The minimum absolute atomic E-state index is 0.0638. The minimum Gasteiger partial charge on any atom is -0.481 e. The number of carbonyl (C=O) groups excluding carboxylic acids is 2. The molecular formula is C23H25FN2O4S. The molecule has 8 heteroatoms. The zero-order valence-electron chi connectivity index (χ0n) is 17.1. The third kappa shape index (κ3) is 4.63. The monoisotopic (exact) mass is 444 g/mol. The van der Waals surface area contributed by atoms with Crippen LogP contribution in [0, 0.1) is 11.7 Å². The topological polar surface area (TPSA) is 77.9 Å². The first-order valence-electron chi connectivity index (χ1n) is 10.6. The van der Waals surface area contributed by atoms with Gasteiger partial charge in [0.15, 0.2) is 0 Å². The van der Waals surface area contributed by atoms with Gasteiger partial charge in [0, 0.05) is 37.4 Å². The van der Waals surface area contributed by atoms with Crippen LogP contribution in [0.2, 0.25) is 0 Å². The van der Waals surface area contributed by atoms with Crippen LogP contribution >= 0.6 is 11.3 Å². The number of likely N-dealkylation sites (tertiary alicyclic amines) is 1. The lowest BCUT2D eigenvalue weighted by Gasteiger charge is -2.36. The molecule has 164 valence electrons. The van der Waals surface area contributed by atoms with Crippen LogP contribution in [0.3, 0.4) is 0 Å². The zero-order chi connectivity index (χ0) is 22.0. The molecule has 0 bridgehead atoms. The summed E-state index contributed by atoms with van der Waals surface area (Å²) in [5.41, 5.74) is 1.91. The largest absolute Gasteiger partial charge is 0.481 e. The van der Waals surface area contributed by atoms with Crippen molar-refractivity contribution in [2.45, 2.75) is 38.1 Å². The zero-order valence-corrected chi connectivity index (χ0v) is 17.9. The average molecular weight is 445 g/mol. The molecule has 4 rings (SSSR count). The summed E-state index contributed by atoms with van der Waals surface area (Å²) in [5, 5.41) is 11.2. The number of amides is 2. The van der Waals surface area contributed by atoms with Crippen molar-refractivity contribution in [3.05, 3.63) is 57.5 Å². The molecule has 1 N–H and O–H groups in total. The van der Waals surface area contributed by atoms with E-state index in [1.807, 2.05) is 11.4 Å². The Bertz CT molecular complexity index is 974. The number of carboxylic acid groups (broad SMARTS) is 1. The first-order valence-corrected chi connectivity index (χ1v) is 11.4. The second-order valence-corrected chi connectivity index (χ2v) is 9.11. The number of rotatable bonds is 5. The molecule has 0 saturated carbocycles. The van der Waals surface area contributed by atoms with Crippen LogP contribution in [0.25, 0.3) is 0 Å². The van der Waals surface area contributed by atoms with Gasteiger partial charge in [-0.15, -0.1) is 11.3 Å². The van der Waals surface area contributed by atoms with Crippen LogP contribution < -0.4 is 0 Å². The van der Waals surface area contributed by atoms with E-state index in [1.165, 1.54) is 17.0 Å². The van der Waals surface area contributed by atoms with Gasteiger partial charge in [0.05, 0.1) is 12.0 Å². The lowest BCUT2D eigenvalue weighted by atomic mass is 9.92. The maximum Gasteiger partial charge on any atom is 0.308 e. The molecule has 3 heterocycles.